The van der Waals surface area contributed by atoms with Crippen molar-refractivity contribution in [3.8, 4) is 0 Å². The highest BCUT2D eigenvalue weighted by molar-refractivity contribution is 6.62. The Kier molecular flexibility index (Phi) is 9.20. The number of carboxylic acid groups (broad SMARTS) is 1. The van der Waals surface area contributed by atoms with E-state index >= 15 is 0 Å². The van der Waals surface area contributed by atoms with E-state index in [1.54, 1.807) is 49.4 Å². The smallest absolute Gasteiger partial charge is 0.481 e. The van der Waals surface area contributed by atoms with Gasteiger partial charge in [0.05, 0.1) is 31.7 Å². The van der Waals surface area contributed by atoms with Crippen LogP contribution in [0, 0.1) is 0 Å². The Bertz CT molecular complexity index is 1510. The SMILES string of the molecule is C[C@H](NC(=O)c1ccc2c(c1)B(O)OC2)[C@H](NC(O)c1ccc2c(c1)B(O)OC2)C(=O)N[C@@H](CC(=O)O)c1cccnc1. The van der Waals surface area contributed by atoms with Gasteiger partial charge in [-0.3, -0.25) is 24.7 Å². The summed E-state index contributed by atoms with van der Waals surface area (Å²) in [5.74, 6) is -2.39. The molecule has 2 aromatic carbocycles. The third-order valence-corrected chi connectivity index (χ3v) is 7.48. The van der Waals surface area contributed by atoms with E-state index in [1.165, 1.54) is 18.5 Å². The lowest BCUT2D eigenvalue weighted by Gasteiger charge is -2.30. The van der Waals surface area contributed by atoms with E-state index in [0.29, 0.717) is 22.1 Å². The number of carbonyl (C=O) groups is 3. The zero-order valence-electron chi connectivity index (χ0n) is 23.1. The van der Waals surface area contributed by atoms with Crippen LogP contribution < -0.4 is 26.9 Å². The maximum Gasteiger partial charge on any atom is 0.491 e. The van der Waals surface area contributed by atoms with Crippen molar-refractivity contribution in [1.82, 2.24) is 20.9 Å². The van der Waals surface area contributed by atoms with Crippen LogP contribution in [0.1, 0.15) is 58.2 Å². The number of rotatable bonds is 11. The normalized spacial score (nSPS) is 16.6. The molecule has 4 atom stereocenters. The summed E-state index contributed by atoms with van der Waals surface area (Å²) in [5.41, 5.74) is 3.49. The molecule has 1 unspecified atom stereocenters. The molecule has 0 fully saturated rings. The zero-order chi connectivity index (χ0) is 30.7. The van der Waals surface area contributed by atoms with Gasteiger partial charge in [0, 0.05) is 18.0 Å². The molecule has 7 N–H and O–H groups in total. The Morgan fingerprint density at radius 2 is 1.63 bits per heavy atom. The first-order chi connectivity index (χ1) is 20.6. The lowest BCUT2D eigenvalue weighted by molar-refractivity contribution is -0.138. The minimum Gasteiger partial charge on any atom is -0.481 e. The molecular weight excluding hydrogens is 558 g/mol. The van der Waals surface area contributed by atoms with Crippen LogP contribution in [-0.4, -0.2) is 69.3 Å². The van der Waals surface area contributed by atoms with Gasteiger partial charge in [-0.05, 0) is 58.3 Å². The summed E-state index contributed by atoms with van der Waals surface area (Å²) in [6, 6.07) is 9.74. The van der Waals surface area contributed by atoms with Crippen LogP contribution in [0.15, 0.2) is 60.9 Å². The van der Waals surface area contributed by atoms with Gasteiger partial charge in [0.1, 0.15) is 12.3 Å². The summed E-state index contributed by atoms with van der Waals surface area (Å²) in [5, 5.41) is 49.0. The molecule has 2 amide bonds. The van der Waals surface area contributed by atoms with Crippen LogP contribution in [0.2, 0.25) is 0 Å². The minimum absolute atomic E-state index is 0.221. The number of carboxylic acids is 1. The summed E-state index contributed by atoms with van der Waals surface area (Å²) in [6.07, 6.45) is 1.11. The number of amides is 2. The molecule has 3 heterocycles. The third kappa shape index (κ3) is 6.94. The quantitative estimate of drug-likeness (QED) is 0.103. The fourth-order valence-electron chi connectivity index (χ4n) is 5.12. The van der Waals surface area contributed by atoms with E-state index in [-0.39, 0.29) is 18.8 Å². The maximum absolute atomic E-state index is 13.7. The summed E-state index contributed by atoms with van der Waals surface area (Å²) >= 11 is 0. The Morgan fingerprint density at radius 3 is 2.28 bits per heavy atom. The van der Waals surface area contributed by atoms with Gasteiger partial charge in [0.15, 0.2) is 0 Å². The first-order valence-corrected chi connectivity index (χ1v) is 13.6. The second-order valence-electron chi connectivity index (χ2n) is 10.5. The molecule has 0 saturated carbocycles. The van der Waals surface area contributed by atoms with Gasteiger partial charge in [0.2, 0.25) is 5.91 Å². The molecule has 1 aromatic heterocycles. The largest absolute Gasteiger partial charge is 0.491 e. The summed E-state index contributed by atoms with van der Waals surface area (Å²) in [7, 11) is -2.29. The van der Waals surface area contributed by atoms with Crippen LogP contribution in [0.4, 0.5) is 0 Å². The van der Waals surface area contributed by atoms with Crippen LogP contribution in [-0.2, 0) is 32.1 Å². The van der Waals surface area contributed by atoms with Gasteiger partial charge in [-0.25, -0.2) is 0 Å². The van der Waals surface area contributed by atoms with E-state index in [4.69, 9.17) is 9.31 Å². The first-order valence-electron chi connectivity index (χ1n) is 13.6. The van der Waals surface area contributed by atoms with E-state index in [2.05, 4.69) is 20.9 Å². The highest BCUT2D eigenvalue weighted by atomic mass is 16.5. The molecule has 3 aromatic rings. The van der Waals surface area contributed by atoms with Crippen LogP contribution in [0.25, 0.3) is 0 Å². The average molecular weight is 588 g/mol. The molecule has 0 aliphatic carbocycles. The van der Waals surface area contributed by atoms with Gasteiger partial charge in [0.25, 0.3) is 5.91 Å². The third-order valence-electron chi connectivity index (χ3n) is 7.48. The number of aliphatic hydroxyl groups excluding tert-OH is 1. The number of nitrogens with one attached hydrogen (secondary N) is 3. The molecule has 5 rings (SSSR count). The van der Waals surface area contributed by atoms with Crippen molar-refractivity contribution in [2.45, 2.75) is 50.9 Å². The topological polar surface area (TPSA) is 200 Å². The van der Waals surface area contributed by atoms with E-state index in [0.717, 1.165) is 11.1 Å². The summed E-state index contributed by atoms with van der Waals surface area (Å²) < 4.78 is 10.4. The zero-order valence-corrected chi connectivity index (χ0v) is 23.1. The number of hydrogen-bond donors (Lipinski definition) is 7. The Hall–Kier alpha value is -4.11. The molecule has 2 aliphatic rings. The molecule has 0 radical (unpaired) electrons. The number of carbonyl (C=O) groups excluding carboxylic acids is 2. The Labute approximate surface area is 247 Å². The van der Waals surface area contributed by atoms with Crippen LogP contribution >= 0.6 is 0 Å². The predicted octanol–water partition coefficient (Wildman–Crippen LogP) is -1.38. The molecule has 2 aliphatic heterocycles. The Balaban J connectivity index is 1.38. The Morgan fingerprint density at radius 1 is 0.953 bits per heavy atom. The van der Waals surface area contributed by atoms with Gasteiger partial charge in [-0.2, -0.15) is 0 Å². The fraction of sp³-hybridized carbons (Fsp3) is 0.286. The van der Waals surface area contributed by atoms with Crippen molar-refractivity contribution in [2.75, 3.05) is 0 Å². The van der Waals surface area contributed by atoms with Crippen molar-refractivity contribution in [1.29, 1.82) is 0 Å². The van der Waals surface area contributed by atoms with Crippen LogP contribution in [0.5, 0.6) is 0 Å². The van der Waals surface area contributed by atoms with Gasteiger partial charge < -0.3 is 40.2 Å². The van der Waals surface area contributed by atoms with Gasteiger partial charge in [-0.1, -0.05) is 30.3 Å². The molecule has 43 heavy (non-hydrogen) atoms. The molecule has 222 valence electrons. The van der Waals surface area contributed by atoms with Crippen LogP contribution in [0.3, 0.4) is 0 Å². The van der Waals surface area contributed by atoms with Crippen molar-refractivity contribution >= 4 is 42.9 Å². The number of aliphatic hydroxyl groups is 1. The highest BCUT2D eigenvalue weighted by Crippen LogP contribution is 2.19. The van der Waals surface area contributed by atoms with Gasteiger partial charge >= 0.3 is 20.2 Å². The molecule has 15 heteroatoms. The van der Waals surface area contributed by atoms with E-state index in [1.807, 2.05) is 0 Å². The number of hydrogen-bond acceptors (Lipinski definition) is 10. The number of pyridine rings is 1. The maximum atomic E-state index is 13.7. The number of benzene rings is 2. The van der Waals surface area contributed by atoms with Gasteiger partial charge in [-0.15, -0.1) is 0 Å². The second kappa shape index (κ2) is 13.0. The summed E-state index contributed by atoms with van der Waals surface area (Å²) in [6.45, 7) is 2.00. The molecule has 0 bridgehead atoms. The number of fused-ring (bicyclic) bond motifs is 2. The fourth-order valence-corrected chi connectivity index (χ4v) is 5.12. The van der Waals surface area contributed by atoms with Crippen molar-refractivity contribution in [3.63, 3.8) is 0 Å². The second-order valence-corrected chi connectivity index (χ2v) is 10.5. The molecular formula is C28H30B2N4O9. The number of aromatic nitrogens is 1. The van der Waals surface area contributed by atoms with Crippen molar-refractivity contribution in [2.24, 2.45) is 0 Å². The molecule has 13 nitrogen and oxygen atoms in total. The predicted molar refractivity (Wildman–Crippen MR) is 154 cm³/mol. The van der Waals surface area contributed by atoms with Crippen molar-refractivity contribution in [3.05, 3.63) is 88.7 Å². The lowest BCUT2D eigenvalue weighted by atomic mass is 9.78. The van der Waals surface area contributed by atoms with E-state index in [9.17, 15) is 34.6 Å². The monoisotopic (exact) mass is 588 g/mol. The minimum atomic E-state index is -1.42. The standard InChI is InChI=1S/C28H30B2N4O9/c1-15(32-26(37)16-4-6-19-13-42-29(40)21(19)9-16)25(28(39)33-23(11-24(35)36)18-3-2-8-31-12-18)34-27(38)17-5-7-20-14-43-30(41)22(20)10-17/h2-10,12,15,23,25,27,34,38,40-41H,11,13-14H2,1H3,(H,32,37)(H,33,39)(H,35,36)/t15-,23-,25-,27?/m0/s1. The average Bonchev–Trinajstić information content (AvgIpc) is 3.56. The summed E-state index contributed by atoms with van der Waals surface area (Å²) in [4.78, 5) is 42.6. The molecule has 0 saturated heterocycles. The molecule has 0 spiro atoms. The van der Waals surface area contributed by atoms with Crippen molar-refractivity contribution < 1.29 is 44.0 Å². The number of aliphatic carboxylic acids is 1. The van der Waals surface area contributed by atoms with E-state index < -0.39 is 62.8 Å². The number of nitrogens with zero attached hydrogens (tertiary/aromatic N) is 1. The lowest BCUT2D eigenvalue weighted by Crippen LogP contribution is -2.57. The highest BCUT2D eigenvalue weighted by Gasteiger charge is 2.34. The first kappa shape index (κ1) is 30.4.